The highest BCUT2D eigenvalue weighted by atomic mass is 16.1. The van der Waals surface area contributed by atoms with Gasteiger partial charge in [0.2, 0.25) is 5.95 Å². The lowest BCUT2D eigenvalue weighted by molar-refractivity contribution is 0.809. The van der Waals surface area contributed by atoms with Gasteiger partial charge in [-0.25, -0.2) is 4.98 Å². The minimum atomic E-state index is -0.314. The third-order valence-electron chi connectivity index (χ3n) is 3.49. The average molecular weight is 283 g/mol. The number of aromatic nitrogens is 4. The molecule has 0 aliphatic heterocycles. The van der Waals surface area contributed by atoms with Crippen LogP contribution in [0.5, 0.6) is 0 Å². The summed E-state index contributed by atoms with van der Waals surface area (Å²) in [5, 5.41) is 0. The van der Waals surface area contributed by atoms with Gasteiger partial charge in [-0.1, -0.05) is 38.1 Å². The molecule has 0 fully saturated rings. The van der Waals surface area contributed by atoms with Crippen LogP contribution in [0.4, 0.5) is 5.95 Å². The Morgan fingerprint density at radius 2 is 2.00 bits per heavy atom. The number of anilines is 1. The van der Waals surface area contributed by atoms with E-state index < -0.39 is 0 Å². The Morgan fingerprint density at radius 3 is 2.67 bits per heavy atom. The molecular formula is C15H17N5O. The lowest BCUT2D eigenvalue weighted by Gasteiger charge is -2.08. The van der Waals surface area contributed by atoms with E-state index in [1.165, 1.54) is 5.56 Å². The first kappa shape index (κ1) is 13.4. The van der Waals surface area contributed by atoms with E-state index in [2.05, 4.69) is 53.1 Å². The van der Waals surface area contributed by atoms with Gasteiger partial charge in [-0.15, -0.1) is 0 Å². The van der Waals surface area contributed by atoms with Gasteiger partial charge in [-0.2, -0.15) is 4.98 Å². The second-order valence-corrected chi connectivity index (χ2v) is 5.39. The molecule has 3 rings (SSSR count). The average Bonchev–Trinajstić information content (AvgIpc) is 2.83. The fourth-order valence-corrected chi connectivity index (χ4v) is 2.29. The smallest absolute Gasteiger partial charge is 0.280 e. The van der Waals surface area contributed by atoms with Crippen LogP contribution in [0.3, 0.4) is 0 Å². The van der Waals surface area contributed by atoms with Crippen molar-refractivity contribution in [2.24, 2.45) is 0 Å². The van der Waals surface area contributed by atoms with Crippen molar-refractivity contribution in [1.29, 1.82) is 0 Å². The van der Waals surface area contributed by atoms with Crippen LogP contribution in [-0.2, 0) is 6.54 Å². The molecule has 0 unspecified atom stereocenters. The Morgan fingerprint density at radius 1 is 1.29 bits per heavy atom. The number of fused-ring (bicyclic) bond motifs is 1. The first-order valence-corrected chi connectivity index (χ1v) is 6.84. The molecule has 0 aliphatic rings. The molecule has 0 saturated heterocycles. The number of nitrogens with one attached hydrogen (secondary N) is 1. The number of nitrogens with two attached hydrogens (primary N) is 1. The number of nitrogens with zero attached hydrogens (tertiary/aromatic N) is 3. The van der Waals surface area contributed by atoms with Gasteiger partial charge in [-0.3, -0.25) is 9.78 Å². The van der Waals surface area contributed by atoms with Crippen LogP contribution in [0, 0.1) is 0 Å². The highest BCUT2D eigenvalue weighted by Crippen LogP contribution is 2.16. The van der Waals surface area contributed by atoms with Crippen molar-refractivity contribution in [2.75, 3.05) is 5.73 Å². The van der Waals surface area contributed by atoms with Gasteiger partial charge in [0, 0.05) is 0 Å². The summed E-state index contributed by atoms with van der Waals surface area (Å²) in [6, 6.07) is 8.40. The summed E-state index contributed by atoms with van der Waals surface area (Å²) in [7, 11) is 0. The molecule has 2 aromatic heterocycles. The molecule has 2 heterocycles. The molecule has 21 heavy (non-hydrogen) atoms. The molecule has 0 saturated carbocycles. The number of rotatable bonds is 3. The zero-order chi connectivity index (χ0) is 15.0. The van der Waals surface area contributed by atoms with Crippen molar-refractivity contribution < 1.29 is 0 Å². The van der Waals surface area contributed by atoms with Crippen molar-refractivity contribution in [1.82, 2.24) is 19.5 Å². The van der Waals surface area contributed by atoms with Crippen LogP contribution < -0.4 is 11.3 Å². The summed E-state index contributed by atoms with van der Waals surface area (Å²) >= 11 is 0. The van der Waals surface area contributed by atoms with Crippen molar-refractivity contribution in [2.45, 2.75) is 26.3 Å². The van der Waals surface area contributed by atoms with Gasteiger partial charge in [0.05, 0.1) is 12.9 Å². The van der Waals surface area contributed by atoms with Crippen molar-refractivity contribution in [3.05, 3.63) is 52.1 Å². The van der Waals surface area contributed by atoms with Gasteiger partial charge in [0.1, 0.15) is 0 Å². The fourth-order valence-electron chi connectivity index (χ4n) is 2.29. The summed E-state index contributed by atoms with van der Waals surface area (Å²) in [6.45, 7) is 4.93. The minimum absolute atomic E-state index is 0.101. The quantitative estimate of drug-likeness (QED) is 0.768. The van der Waals surface area contributed by atoms with Crippen LogP contribution in [0.1, 0.15) is 30.9 Å². The number of hydrogen-bond acceptors (Lipinski definition) is 4. The van der Waals surface area contributed by atoms with Crippen LogP contribution in [-0.4, -0.2) is 19.5 Å². The number of hydrogen-bond donors (Lipinski definition) is 2. The first-order chi connectivity index (χ1) is 10.0. The van der Waals surface area contributed by atoms with E-state index in [1.54, 1.807) is 6.33 Å². The number of nitrogen functional groups attached to an aromatic ring is 1. The Labute approximate surface area is 121 Å². The zero-order valence-electron chi connectivity index (χ0n) is 12.0. The van der Waals surface area contributed by atoms with Gasteiger partial charge in [-0.05, 0) is 17.0 Å². The van der Waals surface area contributed by atoms with Crippen molar-refractivity contribution in [3.63, 3.8) is 0 Å². The molecule has 0 amide bonds. The monoisotopic (exact) mass is 283 g/mol. The highest BCUT2D eigenvalue weighted by molar-refractivity contribution is 5.70. The van der Waals surface area contributed by atoms with E-state index in [1.807, 2.05) is 4.57 Å². The molecule has 1 aromatic carbocycles. The highest BCUT2D eigenvalue weighted by Gasteiger charge is 2.09. The lowest BCUT2D eigenvalue weighted by Crippen LogP contribution is -2.12. The summed E-state index contributed by atoms with van der Waals surface area (Å²) < 4.78 is 1.82. The van der Waals surface area contributed by atoms with E-state index in [0.29, 0.717) is 23.6 Å². The molecule has 3 N–H and O–H groups in total. The third kappa shape index (κ3) is 2.52. The topological polar surface area (TPSA) is 89.6 Å². The van der Waals surface area contributed by atoms with Crippen LogP contribution in [0.15, 0.2) is 35.4 Å². The van der Waals surface area contributed by atoms with E-state index in [9.17, 15) is 4.79 Å². The molecule has 6 nitrogen and oxygen atoms in total. The van der Waals surface area contributed by atoms with Gasteiger partial charge < -0.3 is 10.3 Å². The largest absolute Gasteiger partial charge is 0.369 e. The van der Waals surface area contributed by atoms with Crippen LogP contribution >= 0.6 is 0 Å². The maximum atomic E-state index is 11.7. The summed E-state index contributed by atoms with van der Waals surface area (Å²) in [5.74, 6) is 0.609. The molecule has 0 bridgehead atoms. The standard InChI is InChI=1S/C15H17N5O/c1-9(2)11-5-3-10(4-6-11)7-20-8-17-12-13(20)18-15(16)19-14(12)21/h3-6,8-9H,7H2,1-2H3,(H3,16,18,19,21). The summed E-state index contributed by atoms with van der Waals surface area (Å²) in [5.41, 5.74) is 8.51. The molecule has 108 valence electrons. The molecule has 0 atom stereocenters. The Hall–Kier alpha value is -2.63. The second-order valence-electron chi connectivity index (χ2n) is 5.39. The predicted molar refractivity (Wildman–Crippen MR) is 82.2 cm³/mol. The van der Waals surface area contributed by atoms with Crippen molar-refractivity contribution in [3.8, 4) is 0 Å². The van der Waals surface area contributed by atoms with Crippen LogP contribution in [0.25, 0.3) is 11.2 Å². The SMILES string of the molecule is CC(C)c1ccc(Cn2cnc3c(=O)[nH]c(N)nc32)cc1. The summed E-state index contributed by atoms with van der Waals surface area (Å²) in [4.78, 5) is 22.4. The molecule has 0 spiro atoms. The Kier molecular flexibility index (Phi) is 3.21. The van der Waals surface area contributed by atoms with E-state index >= 15 is 0 Å². The minimum Gasteiger partial charge on any atom is -0.369 e. The van der Waals surface area contributed by atoms with Crippen LogP contribution in [0.2, 0.25) is 0 Å². The molecule has 0 radical (unpaired) electrons. The summed E-state index contributed by atoms with van der Waals surface area (Å²) in [6.07, 6.45) is 1.61. The number of aromatic amines is 1. The van der Waals surface area contributed by atoms with E-state index in [0.717, 1.165) is 5.56 Å². The third-order valence-corrected chi connectivity index (χ3v) is 3.49. The molecule has 0 aliphatic carbocycles. The molecular weight excluding hydrogens is 266 g/mol. The predicted octanol–water partition coefficient (Wildman–Crippen LogP) is 1.87. The maximum absolute atomic E-state index is 11.7. The normalized spacial score (nSPS) is 11.4. The maximum Gasteiger partial charge on any atom is 0.280 e. The molecule has 6 heteroatoms. The van der Waals surface area contributed by atoms with Gasteiger partial charge in [0.15, 0.2) is 11.2 Å². The first-order valence-electron chi connectivity index (χ1n) is 6.84. The Balaban J connectivity index is 1.96. The van der Waals surface area contributed by atoms with Crippen molar-refractivity contribution >= 4 is 17.1 Å². The zero-order valence-corrected chi connectivity index (χ0v) is 12.0. The van der Waals surface area contributed by atoms with Gasteiger partial charge >= 0.3 is 0 Å². The van der Waals surface area contributed by atoms with E-state index in [-0.39, 0.29) is 11.5 Å². The number of imidazole rings is 1. The molecule has 3 aromatic rings. The van der Waals surface area contributed by atoms with E-state index in [4.69, 9.17) is 5.73 Å². The Bertz CT molecular complexity index is 829. The van der Waals surface area contributed by atoms with Gasteiger partial charge in [0.25, 0.3) is 5.56 Å². The fraction of sp³-hybridized carbons (Fsp3) is 0.267. The lowest BCUT2D eigenvalue weighted by atomic mass is 10.0. The second kappa shape index (κ2) is 5.05. The number of benzene rings is 1. The number of H-pyrrole nitrogens is 1.